The number of aryl methyl sites for hydroxylation is 1. The summed E-state index contributed by atoms with van der Waals surface area (Å²) in [6, 6.07) is 7.97. The topological polar surface area (TPSA) is 61.5 Å². The standard InChI is InChI=1S/C17H25NO3/c1-3-20-16(19)17(12-18,11-15-8-5-9-21-15)14-7-4-6-13(2)10-14/h4,6-7,10,15H,3,5,8-9,11-12,18H2,1-2H3. The molecule has 4 nitrogen and oxygen atoms in total. The molecule has 1 saturated heterocycles. The Labute approximate surface area is 126 Å². The summed E-state index contributed by atoms with van der Waals surface area (Å²) in [5.41, 5.74) is 7.28. The van der Waals surface area contributed by atoms with E-state index in [4.69, 9.17) is 15.2 Å². The van der Waals surface area contributed by atoms with Crippen LogP contribution in [0.3, 0.4) is 0 Å². The summed E-state index contributed by atoms with van der Waals surface area (Å²) >= 11 is 0. The van der Waals surface area contributed by atoms with Gasteiger partial charge < -0.3 is 15.2 Å². The van der Waals surface area contributed by atoms with Crippen molar-refractivity contribution in [3.63, 3.8) is 0 Å². The summed E-state index contributed by atoms with van der Waals surface area (Å²) in [6.45, 7) is 5.19. The van der Waals surface area contributed by atoms with Crippen molar-refractivity contribution in [2.24, 2.45) is 5.73 Å². The van der Waals surface area contributed by atoms with Crippen LogP contribution in [0, 0.1) is 6.92 Å². The number of hydrogen-bond donors (Lipinski definition) is 1. The first-order valence-electron chi connectivity index (χ1n) is 7.68. The highest BCUT2D eigenvalue weighted by Crippen LogP contribution is 2.34. The molecule has 1 aliphatic rings. The third kappa shape index (κ3) is 3.44. The van der Waals surface area contributed by atoms with Gasteiger partial charge in [0.25, 0.3) is 0 Å². The van der Waals surface area contributed by atoms with Crippen molar-refractivity contribution in [2.75, 3.05) is 19.8 Å². The molecule has 0 radical (unpaired) electrons. The van der Waals surface area contributed by atoms with Gasteiger partial charge >= 0.3 is 5.97 Å². The third-order valence-electron chi connectivity index (χ3n) is 4.19. The first-order valence-corrected chi connectivity index (χ1v) is 7.68. The summed E-state index contributed by atoms with van der Waals surface area (Å²) < 4.78 is 11.1. The number of benzene rings is 1. The highest BCUT2D eigenvalue weighted by atomic mass is 16.5. The number of rotatable bonds is 6. The second-order valence-electron chi connectivity index (χ2n) is 5.72. The fourth-order valence-electron chi connectivity index (χ4n) is 3.01. The van der Waals surface area contributed by atoms with Gasteiger partial charge in [-0.3, -0.25) is 4.79 Å². The van der Waals surface area contributed by atoms with E-state index in [1.807, 2.05) is 38.1 Å². The largest absolute Gasteiger partial charge is 0.465 e. The monoisotopic (exact) mass is 291 g/mol. The SMILES string of the molecule is CCOC(=O)C(CN)(CC1CCCO1)c1cccc(C)c1. The number of nitrogens with two attached hydrogens (primary N) is 1. The summed E-state index contributed by atoms with van der Waals surface area (Å²) in [6.07, 6.45) is 2.69. The van der Waals surface area contributed by atoms with E-state index in [2.05, 4.69) is 0 Å². The molecular weight excluding hydrogens is 266 g/mol. The minimum Gasteiger partial charge on any atom is -0.465 e. The van der Waals surface area contributed by atoms with Gasteiger partial charge in [0.1, 0.15) is 5.41 Å². The van der Waals surface area contributed by atoms with Gasteiger partial charge in [0.15, 0.2) is 0 Å². The highest BCUT2D eigenvalue weighted by Gasteiger charge is 2.43. The van der Waals surface area contributed by atoms with Gasteiger partial charge in [-0.05, 0) is 38.7 Å². The number of hydrogen-bond acceptors (Lipinski definition) is 4. The Kier molecular flexibility index (Phi) is 5.37. The molecule has 4 heteroatoms. The molecule has 1 aliphatic heterocycles. The molecule has 2 atom stereocenters. The van der Waals surface area contributed by atoms with E-state index in [1.165, 1.54) is 0 Å². The summed E-state index contributed by atoms with van der Waals surface area (Å²) in [5.74, 6) is -0.242. The van der Waals surface area contributed by atoms with Crippen molar-refractivity contribution < 1.29 is 14.3 Å². The molecule has 0 aliphatic carbocycles. The molecule has 1 fully saturated rings. The van der Waals surface area contributed by atoms with Crippen molar-refractivity contribution >= 4 is 5.97 Å². The molecule has 0 amide bonds. The Morgan fingerprint density at radius 1 is 1.52 bits per heavy atom. The minimum atomic E-state index is -0.808. The van der Waals surface area contributed by atoms with Gasteiger partial charge in [0, 0.05) is 13.2 Å². The van der Waals surface area contributed by atoms with Crippen LogP contribution >= 0.6 is 0 Å². The zero-order valence-corrected chi connectivity index (χ0v) is 12.9. The molecule has 0 bridgehead atoms. The van der Waals surface area contributed by atoms with Crippen molar-refractivity contribution in [2.45, 2.75) is 44.6 Å². The van der Waals surface area contributed by atoms with Gasteiger partial charge in [-0.2, -0.15) is 0 Å². The van der Waals surface area contributed by atoms with E-state index < -0.39 is 5.41 Å². The minimum absolute atomic E-state index is 0.0819. The zero-order valence-electron chi connectivity index (χ0n) is 12.9. The second kappa shape index (κ2) is 7.05. The summed E-state index contributed by atoms with van der Waals surface area (Å²) in [7, 11) is 0. The summed E-state index contributed by atoms with van der Waals surface area (Å²) in [4.78, 5) is 12.6. The molecule has 1 aromatic carbocycles. The van der Waals surface area contributed by atoms with E-state index >= 15 is 0 Å². The van der Waals surface area contributed by atoms with Gasteiger partial charge in [-0.15, -0.1) is 0 Å². The van der Waals surface area contributed by atoms with Crippen molar-refractivity contribution in [1.29, 1.82) is 0 Å². The fourth-order valence-corrected chi connectivity index (χ4v) is 3.01. The average molecular weight is 291 g/mol. The van der Waals surface area contributed by atoms with Crippen LogP contribution in [0.5, 0.6) is 0 Å². The molecule has 1 aromatic rings. The Morgan fingerprint density at radius 2 is 2.33 bits per heavy atom. The molecule has 0 spiro atoms. The molecule has 0 aromatic heterocycles. The van der Waals surface area contributed by atoms with Crippen LogP contribution in [0.1, 0.15) is 37.3 Å². The second-order valence-corrected chi connectivity index (χ2v) is 5.72. The maximum Gasteiger partial charge on any atom is 0.317 e. The molecular formula is C17H25NO3. The smallest absolute Gasteiger partial charge is 0.317 e. The number of esters is 1. The highest BCUT2D eigenvalue weighted by molar-refractivity contribution is 5.83. The predicted octanol–water partition coefficient (Wildman–Crippen LogP) is 2.32. The van der Waals surface area contributed by atoms with Crippen LogP contribution in [-0.2, 0) is 19.7 Å². The van der Waals surface area contributed by atoms with Crippen molar-refractivity contribution in [3.05, 3.63) is 35.4 Å². The number of carbonyl (C=O) groups excluding carboxylic acids is 1. The first-order chi connectivity index (χ1) is 10.1. The maximum atomic E-state index is 12.6. The van der Waals surface area contributed by atoms with Crippen LogP contribution in [0.25, 0.3) is 0 Å². The third-order valence-corrected chi connectivity index (χ3v) is 4.19. The van der Waals surface area contributed by atoms with E-state index in [0.29, 0.717) is 13.0 Å². The lowest BCUT2D eigenvalue weighted by atomic mass is 9.75. The van der Waals surface area contributed by atoms with Gasteiger partial charge in [0.05, 0.1) is 12.7 Å². The number of carbonyl (C=O) groups is 1. The lowest BCUT2D eigenvalue weighted by Gasteiger charge is -2.33. The lowest BCUT2D eigenvalue weighted by Crippen LogP contribution is -2.46. The van der Waals surface area contributed by atoms with Crippen LogP contribution < -0.4 is 5.73 Å². The Hall–Kier alpha value is -1.39. The molecule has 1 heterocycles. The summed E-state index contributed by atoms with van der Waals surface area (Å²) in [5, 5.41) is 0. The maximum absolute atomic E-state index is 12.6. The van der Waals surface area contributed by atoms with Crippen molar-refractivity contribution in [3.8, 4) is 0 Å². The lowest BCUT2D eigenvalue weighted by molar-refractivity contribution is -0.151. The van der Waals surface area contributed by atoms with Gasteiger partial charge in [-0.25, -0.2) is 0 Å². The van der Waals surface area contributed by atoms with Crippen LogP contribution in [0.2, 0.25) is 0 Å². The van der Waals surface area contributed by atoms with E-state index in [1.54, 1.807) is 0 Å². The average Bonchev–Trinajstić information content (AvgIpc) is 2.98. The van der Waals surface area contributed by atoms with E-state index in [-0.39, 0.29) is 18.6 Å². The zero-order chi connectivity index (χ0) is 15.3. The molecule has 21 heavy (non-hydrogen) atoms. The molecule has 2 N–H and O–H groups in total. The normalized spacial score (nSPS) is 21.0. The predicted molar refractivity (Wildman–Crippen MR) is 82.1 cm³/mol. The Bertz CT molecular complexity index is 483. The van der Waals surface area contributed by atoms with Crippen LogP contribution in [-0.4, -0.2) is 31.8 Å². The van der Waals surface area contributed by atoms with Gasteiger partial charge in [0.2, 0.25) is 0 Å². The van der Waals surface area contributed by atoms with Crippen molar-refractivity contribution in [1.82, 2.24) is 0 Å². The fraction of sp³-hybridized carbons (Fsp3) is 0.588. The van der Waals surface area contributed by atoms with Gasteiger partial charge in [-0.1, -0.05) is 29.8 Å². The number of ether oxygens (including phenoxy) is 2. The van der Waals surface area contributed by atoms with Crippen LogP contribution in [0.4, 0.5) is 0 Å². The van der Waals surface area contributed by atoms with E-state index in [9.17, 15) is 4.79 Å². The molecule has 2 unspecified atom stereocenters. The molecule has 2 rings (SSSR count). The Morgan fingerprint density at radius 3 is 2.90 bits per heavy atom. The van der Waals surface area contributed by atoms with E-state index in [0.717, 1.165) is 30.6 Å². The van der Waals surface area contributed by atoms with Crippen LogP contribution in [0.15, 0.2) is 24.3 Å². The molecule has 116 valence electrons. The quantitative estimate of drug-likeness (QED) is 0.817. The Balaban J connectivity index is 2.37. The molecule has 0 saturated carbocycles. The first kappa shape index (κ1) is 16.0.